The topological polar surface area (TPSA) is 70.5 Å². The van der Waals surface area contributed by atoms with E-state index in [2.05, 4.69) is 0 Å². The van der Waals surface area contributed by atoms with Crippen LogP contribution in [-0.2, 0) is 24.1 Å². The molecule has 0 fully saturated rings. The van der Waals surface area contributed by atoms with Crippen molar-refractivity contribution < 1.29 is 14.3 Å². The lowest BCUT2D eigenvalue weighted by Crippen LogP contribution is -2.29. The number of aryl methyl sites for hydroxylation is 2. The number of fused-ring (bicyclic) bond motifs is 1. The van der Waals surface area contributed by atoms with Crippen molar-refractivity contribution in [1.82, 2.24) is 4.90 Å². The van der Waals surface area contributed by atoms with Crippen molar-refractivity contribution >= 4 is 30.1 Å². The Morgan fingerprint density at radius 3 is 2.00 bits per heavy atom. The number of carbonyl (C=O) groups is 2. The number of nitrogens with zero attached hydrogens (tertiary/aromatic N) is 1. The highest BCUT2D eigenvalue weighted by atomic mass is 35.5. The Labute approximate surface area is 187 Å². The maximum absolute atomic E-state index is 12.5. The third-order valence-electron chi connectivity index (χ3n) is 5.34. The Morgan fingerprint density at radius 2 is 1.39 bits per heavy atom. The lowest BCUT2D eigenvalue weighted by atomic mass is 10.0. The van der Waals surface area contributed by atoms with Crippen LogP contribution in [0.3, 0.4) is 0 Å². The molecule has 3 aromatic rings. The van der Waals surface area contributed by atoms with Gasteiger partial charge in [-0.05, 0) is 53.8 Å². The summed E-state index contributed by atoms with van der Waals surface area (Å²) < 4.78 is 4.99. The summed E-state index contributed by atoms with van der Waals surface area (Å²) in [6, 6.07) is 22.8. The van der Waals surface area contributed by atoms with Crippen LogP contribution >= 0.6 is 12.4 Å². The van der Waals surface area contributed by atoms with Crippen LogP contribution in [0.5, 0.6) is 0 Å². The molecule has 3 aromatic carbocycles. The van der Waals surface area contributed by atoms with Gasteiger partial charge in [-0.2, -0.15) is 0 Å². The summed E-state index contributed by atoms with van der Waals surface area (Å²) in [4.78, 5) is 26.3. The Kier molecular flexibility index (Phi) is 6.88. The third kappa shape index (κ3) is 4.67. The number of imide groups is 1. The van der Waals surface area contributed by atoms with Gasteiger partial charge in [0.1, 0.15) is 0 Å². The number of carbonyl (C=O) groups excluding carboxylic acids is 2. The molecule has 1 N–H and O–H groups in total. The Morgan fingerprint density at radius 1 is 0.806 bits per heavy atom. The van der Waals surface area contributed by atoms with Gasteiger partial charge in [0, 0.05) is 5.56 Å². The van der Waals surface area contributed by atoms with E-state index in [1.807, 2.05) is 48.5 Å². The van der Waals surface area contributed by atoms with Crippen LogP contribution in [0.4, 0.5) is 0 Å². The summed E-state index contributed by atoms with van der Waals surface area (Å²) in [7, 11) is 1.50. The van der Waals surface area contributed by atoms with Gasteiger partial charge in [0.2, 0.25) is 5.90 Å². The molecule has 0 saturated heterocycles. The van der Waals surface area contributed by atoms with E-state index in [-0.39, 0.29) is 36.7 Å². The van der Waals surface area contributed by atoms with Gasteiger partial charge in [-0.25, -0.2) is 0 Å². The van der Waals surface area contributed by atoms with Crippen LogP contribution in [0.1, 0.15) is 43.0 Å². The third-order valence-corrected chi connectivity index (χ3v) is 5.34. The monoisotopic (exact) mass is 434 g/mol. The van der Waals surface area contributed by atoms with E-state index >= 15 is 0 Å². The molecule has 5 nitrogen and oxygen atoms in total. The van der Waals surface area contributed by atoms with Gasteiger partial charge < -0.3 is 4.74 Å². The minimum atomic E-state index is -0.235. The first-order valence-electron chi connectivity index (χ1n) is 9.81. The zero-order valence-electron chi connectivity index (χ0n) is 17.1. The molecule has 1 aliphatic heterocycles. The highest BCUT2D eigenvalue weighted by Crippen LogP contribution is 2.24. The Balaban J connectivity index is 0.00000272. The lowest BCUT2D eigenvalue weighted by Gasteiger charge is -2.14. The number of hydrogen-bond acceptors (Lipinski definition) is 4. The summed E-state index contributed by atoms with van der Waals surface area (Å²) in [5.41, 5.74) is 4.96. The molecular weight excluding hydrogens is 412 g/mol. The smallest absolute Gasteiger partial charge is 0.261 e. The van der Waals surface area contributed by atoms with E-state index in [0.29, 0.717) is 11.1 Å². The molecule has 0 aliphatic carbocycles. The molecule has 1 heterocycles. The fraction of sp³-hybridized carbons (Fsp3) is 0.160. The molecule has 0 saturated carbocycles. The van der Waals surface area contributed by atoms with Crippen molar-refractivity contribution in [2.75, 3.05) is 7.11 Å². The zero-order valence-corrected chi connectivity index (χ0v) is 17.9. The molecule has 2 amide bonds. The fourth-order valence-electron chi connectivity index (χ4n) is 3.65. The molecule has 0 unspecified atom stereocenters. The van der Waals surface area contributed by atoms with E-state index in [1.54, 1.807) is 24.3 Å². The fourth-order valence-corrected chi connectivity index (χ4v) is 3.65. The maximum Gasteiger partial charge on any atom is 0.261 e. The van der Waals surface area contributed by atoms with Gasteiger partial charge in [-0.1, -0.05) is 48.5 Å². The average molecular weight is 435 g/mol. The first-order valence-corrected chi connectivity index (χ1v) is 9.81. The largest absolute Gasteiger partial charge is 0.481 e. The quantitative estimate of drug-likeness (QED) is 0.348. The van der Waals surface area contributed by atoms with Crippen molar-refractivity contribution in [3.63, 3.8) is 0 Å². The number of halogens is 1. The molecule has 0 atom stereocenters. The standard InChI is InChI=1S/C25H22N2O3.ClH/c1-30-23(26)20-6-4-5-18(15-20)12-9-17-10-13-19(14-11-17)16-27-24(28)21-7-2-3-8-22(21)25(27)29;/h2-8,10-11,13-15,26H,9,12,16H2,1H3;1H. The van der Waals surface area contributed by atoms with Crippen molar-refractivity contribution in [3.8, 4) is 0 Å². The zero-order chi connectivity index (χ0) is 21.1. The normalized spacial score (nSPS) is 12.4. The van der Waals surface area contributed by atoms with Crippen LogP contribution in [0.2, 0.25) is 0 Å². The second kappa shape index (κ2) is 9.58. The van der Waals surface area contributed by atoms with E-state index < -0.39 is 0 Å². The SMILES string of the molecule is COC(=N)c1cccc(CCc2ccc(CN3C(=O)c4ccccc4C3=O)cc2)c1.Cl. The molecule has 31 heavy (non-hydrogen) atoms. The second-order valence-electron chi connectivity index (χ2n) is 7.29. The highest BCUT2D eigenvalue weighted by Gasteiger charge is 2.34. The van der Waals surface area contributed by atoms with Crippen molar-refractivity contribution in [2.24, 2.45) is 0 Å². The molecule has 0 radical (unpaired) electrons. The average Bonchev–Trinajstić information content (AvgIpc) is 3.03. The molecule has 158 valence electrons. The van der Waals surface area contributed by atoms with Gasteiger partial charge >= 0.3 is 0 Å². The number of rotatable bonds is 6. The van der Waals surface area contributed by atoms with E-state index in [4.69, 9.17) is 10.1 Å². The number of hydrogen-bond donors (Lipinski definition) is 1. The van der Waals surface area contributed by atoms with Crippen molar-refractivity contribution in [2.45, 2.75) is 19.4 Å². The molecule has 1 aliphatic rings. The first-order chi connectivity index (χ1) is 14.6. The van der Waals surface area contributed by atoms with E-state index in [1.165, 1.54) is 17.6 Å². The van der Waals surface area contributed by atoms with E-state index in [0.717, 1.165) is 29.5 Å². The predicted molar refractivity (Wildman–Crippen MR) is 122 cm³/mol. The summed E-state index contributed by atoms with van der Waals surface area (Å²) in [5.74, 6) is -0.309. The van der Waals surface area contributed by atoms with Gasteiger partial charge in [0.15, 0.2) is 0 Å². The van der Waals surface area contributed by atoms with Gasteiger partial charge in [0.05, 0.1) is 24.8 Å². The van der Waals surface area contributed by atoms with Gasteiger partial charge in [-0.3, -0.25) is 19.9 Å². The molecular formula is C25H23ClN2O3. The van der Waals surface area contributed by atoms with Crippen LogP contribution in [0.25, 0.3) is 0 Å². The molecule has 6 heteroatoms. The molecule has 0 bridgehead atoms. The lowest BCUT2D eigenvalue weighted by molar-refractivity contribution is 0.0642. The van der Waals surface area contributed by atoms with Crippen molar-refractivity contribution in [3.05, 3.63) is 106 Å². The number of ether oxygens (including phenoxy) is 1. The summed E-state index contributed by atoms with van der Waals surface area (Å²) in [6.07, 6.45) is 1.71. The maximum atomic E-state index is 12.5. The predicted octanol–water partition coefficient (Wildman–Crippen LogP) is 4.66. The number of nitrogens with one attached hydrogen (secondary N) is 1. The number of methoxy groups -OCH3 is 1. The van der Waals surface area contributed by atoms with Crippen molar-refractivity contribution in [1.29, 1.82) is 5.41 Å². The van der Waals surface area contributed by atoms with Gasteiger partial charge in [-0.15, -0.1) is 12.4 Å². The summed E-state index contributed by atoms with van der Waals surface area (Å²) in [6.45, 7) is 0.272. The van der Waals surface area contributed by atoms with Crippen LogP contribution in [0.15, 0.2) is 72.8 Å². The Hall–Kier alpha value is -3.44. The second-order valence-corrected chi connectivity index (χ2v) is 7.29. The molecule has 0 aromatic heterocycles. The number of benzene rings is 3. The molecule has 4 rings (SSSR count). The van der Waals surface area contributed by atoms with Gasteiger partial charge in [0.25, 0.3) is 11.8 Å². The van der Waals surface area contributed by atoms with Crippen LogP contribution in [-0.4, -0.2) is 29.7 Å². The molecule has 0 spiro atoms. The summed E-state index contributed by atoms with van der Waals surface area (Å²) in [5, 5.41) is 7.78. The summed E-state index contributed by atoms with van der Waals surface area (Å²) >= 11 is 0. The van der Waals surface area contributed by atoms with E-state index in [9.17, 15) is 9.59 Å². The first kappa shape index (κ1) is 22.2. The Bertz CT molecular complexity index is 1090. The van der Waals surface area contributed by atoms with Crippen LogP contribution in [0, 0.1) is 5.41 Å². The minimum absolute atomic E-state index is 0. The minimum Gasteiger partial charge on any atom is -0.481 e. The highest BCUT2D eigenvalue weighted by molar-refractivity contribution is 6.21. The number of amides is 2. The van der Waals surface area contributed by atoms with Crippen LogP contribution < -0.4 is 0 Å².